The first kappa shape index (κ1) is 15.4. The van der Waals surface area contributed by atoms with Gasteiger partial charge in [-0.25, -0.2) is 0 Å². The van der Waals surface area contributed by atoms with Crippen molar-refractivity contribution in [3.05, 3.63) is 34.4 Å². The summed E-state index contributed by atoms with van der Waals surface area (Å²) in [4.78, 5) is -1.04. The number of hydrogen-bond acceptors (Lipinski definition) is 0. The Morgan fingerprint density at radius 2 is 0.833 bits per heavy atom. The first-order valence-corrected chi connectivity index (χ1v) is 10.8. The first-order chi connectivity index (χ1) is 11.5. The summed E-state index contributed by atoms with van der Waals surface area (Å²) in [6, 6.07) is 0. The van der Waals surface area contributed by atoms with Gasteiger partial charge in [0.15, 0.2) is 0 Å². The maximum Gasteiger partial charge on any atom is 0.0887 e. The zero-order chi connectivity index (χ0) is 16.4. The van der Waals surface area contributed by atoms with Crippen LogP contribution in [0.25, 0.3) is 0 Å². The van der Waals surface area contributed by atoms with Crippen LogP contribution in [0, 0.1) is 47.3 Å². The number of rotatable bonds is 0. The van der Waals surface area contributed by atoms with E-state index >= 15 is 0 Å². The standard InChI is InChI=1S/C20H20Cl4/c21-17-18(22)20(24)14-10-2-1-9(3-4-10)13(14)19(17,23)15-11-5-7-12(8-6-11)16(15)20/h1-2,5,7,9-16H,3-4,6,8H2/t9-,10+,11+,12-,13-,14+,15+,16-,19?,20?. The third-order valence-electron chi connectivity index (χ3n) is 8.30. The highest BCUT2D eigenvalue weighted by Crippen LogP contribution is 2.77. The Bertz CT molecular complexity index is 619. The minimum Gasteiger partial charge on any atom is -0.112 e. The second kappa shape index (κ2) is 4.61. The lowest BCUT2D eigenvalue weighted by Gasteiger charge is -2.72. The fourth-order valence-electron chi connectivity index (χ4n) is 7.65. The van der Waals surface area contributed by atoms with Gasteiger partial charge in [-0.3, -0.25) is 0 Å². The zero-order valence-electron chi connectivity index (χ0n) is 13.3. The summed E-state index contributed by atoms with van der Waals surface area (Å²) in [5.41, 5.74) is 0. The largest absolute Gasteiger partial charge is 0.112 e. The number of hydrogen-bond donors (Lipinski definition) is 0. The average Bonchev–Trinajstić information content (AvgIpc) is 2.64. The number of allylic oxidation sites excluding steroid dienone is 6. The molecule has 0 N–H and O–H groups in total. The Kier molecular flexibility index (Phi) is 2.97. The van der Waals surface area contributed by atoms with Gasteiger partial charge < -0.3 is 0 Å². The van der Waals surface area contributed by atoms with Gasteiger partial charge in [0.05, 0.1) is 19.8 Å². The molecule has 3 fully saturated rings. The Hall–Kier alpha value is 0.380. The Morgan fingerprint density at radius 1 is 0.583 bits per heavy atom. The molecule has 0 aromatic rings. The maximum atomic E-state index is 7.54. The number of alkyl halides is 2. The first-order valence-electron chi connectivity index (χ1n) is 9.29. The van der Waals surface area contributed by atoms with E-state index in [2.05, 4.69) is 24.3 Å². The molecule has 10 atom stereocenters. The van der Waals surface area contributed by atoms with Crippen molar-refractivity contribution in [1.29, 1.82) is 0 Å². The fraction of sp³-hybridized carbons (Fsp3) is 0.700. The quantitative estimate of drug-likeness (QED) is 0.329. The van der Waals surface area contributed by atoms with Gasteiger partial charge in [0.25, 0.3) is 0 Å². The van der Waals surface area contributed by atoms with Crippen LogP contribution in [0.4, 0.5) is 0 Å². The smallest absolute Gasteiger partial charge is 0.0887 e. The van der Waals surface area contributed by atoms with Gasteiger partial charge in [-0.05, 0) is 73.0 Å². The summed E-state index contributed by atoms with van der Waals surface area (Å²) in [6.07, 6.45) is 14.4. The van der Waals surface area contributed by atoms with Crippen molar-refractivity contribution in [3.63, 3.8) is 0 Å². The van der Waals surface area contributed by atoms with Crippen LogP contribution in [0.1, 0.15) is 25.7 Å². The highest BCUT2D eigenvalue weighted by molar-refractivity contribution is 6.49. The predicted octanol–water partition coefficient (Wildman–Crippen LogP) is 6.31. The lowest BCUT2D eigenvalue weighted by Crippen LogP contribution is -2.74. The van der Waals surface area contributed by atoms with Gasteiger partial charge in [-0.2, -0.15) is 0 Å². The van der Waals surface area contributed by atoms with Crippen LogP contribution in [0.15, 0.2) is 34.4 Å². The third-order valence-corrected chi connectivity index (χ3v) is 11.0. The second-order valence-corrected chi connectivity index (χ2v) is 10.9. The normalized spacial score (nSPS) is 62.2. The molecular formula is C20H20Cl4. The SMILES string of the molecule is ClC1=C(Cl)C2(Cl)[C@@H]3[C@@H]([C@@H]4C=C[C@H]3CC4)C1(Cl)[C@@H]1[C@H]2[C@@H]2C=C[C@H]1CC2. The van der Waals surface area contributed by atoms with E-state index < -0.39 is 9.75 Å². The van der Waals surface area contributed by atoms with Crippen LogP contribution in [0.2, 0.25) is 0 Å². The van der Waals surface area contributed by atoms with E-state index in [-0.39, 0.29) is 0 Å². The molecular weight excluding hydrogens is 382 g/mol. The van der Waals surface area contributed by atoms with Crippen molar-refractivity contribution >= 4 is 46.4 Å². The topological polar surface area (TPSA) is 0 Å². The molecule has 2 unspecified atom stereocenters. The van der Waals surface area contributed by atoms with Crippen LogP contribution in [-0.2, 0) is 0 Å². The van der Waals surface area contributed by atoms with Crippen molar-refractivity contribution in [2.75, 3.05) is 0 Å². The van der Waals surface area contributed by atoms with E-state index in [4.69, 9.17) is 46.4 Å². The minimum absolute atomic E-state index is 0.337. The summed E-state index contributed by atoms with van der Waals surface area (Å²) in [6.45, 7) is 0. The molecule has 0 nitrogen and oxygen atoms in total. The van der Waals surface area contributed by atoms with Gasteiger partial charge in [-0.15, -0.1) is 23.2 Å². The Balaban J connectivity index is 1.66. The molecule has 4 heteroatoms. The summed E-state index contributed by atoms with van der Waals surface area (Å²) < 4.78 is 0. The minimum atomic E-state index is -0.521. The molecule has 9 rings (SSSR count). The van der Waals surface area contributed by atoms with Crippen LogP contribution >= 0.6 is 46.4 Å². The molecule has 6 bridgehead atoms. The van der Waals surface area contributed by atoms with Gasteiger partial charge in [0.2, 0.25) is 0 Å². The molecule has 0 saturated heterocycles. The van der Waals surface area contributed by atoms with Gasteiger partial charge in [0.1, 0.15) is 0 Å². The molecule has 0 aromatic carbocycles. The Labute approximate surface area is 163 Å². The molecule has 0 radical (unpaired) electrons. The average molecular weight is 402 g/mol. The van der Waals surface area contributed by atoms with Crippen LogP contribution < -0.4 is 0 Å². The predicted molar refractivity (Wildman–Crippen MR) is 101 cm³/mol. The van der Waals surface area contributed by atoms with Gasteiger partial charge >= 0.3 is 0 Å². The van der Waals surface area contributed by atoms with Crippen molar-refractivity contribution in [1.82, 2.24) is 0 Å². The van der Waals surface area contributed by atoms with E-state index in [1.54, 1.807) is 0 Å². The van der Waals surface area contributed by atoms with Crippen molar-refractivity contribution in [2.24, 2.45) is 47.3 Å². The van der Waals surface area contributed by atoms with E-state index in [9.17, 15) is 0 Å². The lowest BCUT2D eigenvalue weighted by atomic mass is 9.38. The molecule has 9 aliphatic rings. The molecule has 0 aromatic heterocycles. The van der Waals surface area contributed by atoms with Crippen LogP contribution in [0.5, 0.6) is 0 Å². The van der Waals surface area contributed by atoms with E-state index in [1.807, 2.05) is 0 Å². The highest BCUT2D eigenvalue weighted by atomic mass is 35.5. The molecule has 0 heterocycles. The molecule has 128 valence electrons. The zero-order valence-corrected chi connectivity index (χ0v) is 16.3. The van der Waals surface area contributed by atoms with Crippen molar-refractivity contribution < 1.29 is 0 Å². The van der Waals surface area contributed by atoms with Crippen molar-refractivity contribution in [2.45, 2.75) is 35.4 Å². The maximum absolute atomic E-state index is 7.54. The van der Waals surface area contributed by atoms with Crippen molar-refractivity contribution in [3.8, 4) is 0 Å². The molecule has 0 aliphatic heterocycles. The molecule has 3 saturated carbocycles. The summed E-state index contributed by atoms with van der Waals surface area (Å²) in [5.74, 6) is 3.35. The number of halogens is 4. The number of fused-ring (bicyclic) bond motifs is 2. The van der Waals surface area contributed by atoms with E-state index in [1.165, 1.54) is 25.7 Å². The fourth-order valence-corrected chi connectivity index (χ4v) is 9.94. The molecule has 0 spiro atoms. The molecule has 0 amide bonds. The van der Waals surface area contributed by atoms with E-state index in [0.717, 1.165) is 0 Å². The third kappa shape index (κ3) is 1.44. The summed E-state index contributed by atoms with van der Waals surface area (Å²) >= 11 is 28.9. The summed E-state index contributed by atoms with van der Waals surface area (Å²) in [7, 11) is 0. The molecule has 24 heavy (non-hydrogen) atoms. The summed E-state index contributed by atoms with van der Waals surface area (Å²) in [5, 5.41) is 1.34. The monoisotopic (exact) mass is 400 g/mol. The second-order valence-electron chi connectivity index (χ2n) is 8.85. The van der Waals surface area contributed by atoms with Crippen LogP contribution in [-0.4, -0.2) is 9.75 Å². The van der Waals surface area contributed by atoms with Gasteiger partial charge in [-0.1, -0.05) is 47.5 Å². The lowest BCUT2D eigenvalue weighted by molar-refractivity contribution is -0.0869. The Morgan fingerprint density at radius 3 is 1.04 bits per heavy atom. The van der Waals surface area contributed by atoms with Crippen LogP contribution in [0.3, 0.4) is 0 Å². The molecule has 9 aliphatic carbocycles. The van der Waals surface area contributed by atoms with E-state index in [0.29, 0.717) is 57.4 Å². The van der Waals surface area contributed by atoms with Gasteiger partial charge in [0, 0.05) is 0 Å². The highest BCUT2D eigenvalue weighted by Gasteiger charge is 2.76.